The predicted molar refractivity (Wildman–Crippen MR) is 117 cm³/mol. The molecule has 1 amide bonds. The molecule has 1 aliphatic rings. The molecule has 0 radical (unpaired) electrons. The summed E-state index contributed by atoms with van der Waals surface area (Å²) in [5.74, 6) is 0.590. The Hall–Kier alpha value is -3.05. The molecule has 5 heteroatoms. The van der Waals surface area contributed by atoms with Crippen molar-refractivity contribution in [1.82, 2.24) is 0 Å². The molecule has 1 atom stereocenters. The van der Waals surface area contributed by atoms with Crippen LogP contribution in [0.5, 0.6) is 5.75 Å². The maximum absolute atomic E-state index is 12.8. The van der Waals surface area contributed by atoms with E-state index in [4.69, 9.17) is 9.47 Å². The number of nitrogens with one attached hydrogen (secondary N) is 1. The molecule has 1 heterocycles. The quantitative estimate of drug-likeness (QED) is 0.675. The second-order valence-electron chi connectivity index (χ2n) is 7.13. The first-order chi connectivity index (χ1) is 14.2. The average Bonchev–Trinajstić information content (AvgIpc) is 2.78. The summed E-state index contributed by atoms with van der Waals surface area (Å²) in [4.78, 5) is 15.1. The summed E-state index contributed by atoms with van der Waals surface area (Å²) in [5, 5.41) is 5.09. The van der Waals surface area contributed by atoms with Gasteiger partial charge in [-0.05, 0) is 42.1 Å². The average molecular weight is 390 g/mol. The Morgan fingerprint density at radius 2 is 1.76 bits per heavy atom. The van der Waals surface area contributed by atoms with Gasteiger partial charge in [0.05, 0.1) is 13.2 Å². The SMILES string of the molecule is CC[C@@H](Oc1cccc2ccccc12)C(=O)Nc1ccc(N2CCOCC2)cc1. The molecule has 3 aromatic carbocycles. The van der Waals surface area contributed by atoms with Gasteiger partial charge in [-0.3, -0.25) is 4.79 Å². The van der Waals surface area contributed by atoms with Crippen molar-refractivity contribution in [2.45, 2.75) is 19.4 Å². The number of nitrogens with zero attached hydrogens (tertiary/aromatic N) is 1. The second kappa shape index (κ2) is 8.97. The van der Waals surface area contributed by atoms with Crippen LogP contribution in [0.3, 0.4) is 0 Å². The molecule has 29 heavy (non-hydrogen) atoms. The number of benzene rings is 3. The first-order valence-electron chi connectivity index (χ1n) is 10.1. The lowest BCUT2D eigenvalue weighted by Crippen LogP contribution is -2.36. The summed E-state index contributed by atoms with van der Waals surface area (Å²) >= 11 is 0. The molecule has 1 fully saturated rings. The van der Waals surface area contributed by atoms with E-state index >= 15 is 0 Å². The Morgan fingerprint density at radius 3 is 2.52 bits per heavy atom. The van der Waals surface area contributed by atoms with Crippen LogP contribution in [-0.2, 0) is 9.53 Å². The fourth-order valence-electron chi connectivity index (χ4n) is 3.57. The van der Waals surface area contributed by atoms with Gasteiger partial charge in [-0.15, -0.1) is 0 Å². The van der Waals surface area contributed by atoms with Crippen LogP contribution in [0, 0.1) is 0 Å². The van der Waals surface area contributed by atoms with Gasteiger partial charge in [0.15, 0.2) is 6.10 Å². The Morgan fingerprint density at radius 1 is 1.03 bits per heavy atom. The topological polar surface area (TPSA) is 50.8 Å². The molecular weight excluding hydrogens is 364 g/mol. The summed E-state index contributed by atoms with van der Waals surface area (Å²) in [7, 11) is 0. The molecule has 0 unspecified atom stereocenters. The van der Waals surface area contributed by atoms with Gasteiger partial charge in [0.1, 0.15) is 5.75 Å². The van der Waals surface area contributed by atoms with Crippen molar-refractivity contribution in [3.8, 4) is 5.75 Å². The number of hydrogen-bond donors (Lipinski definition) is 1. The molecule has 0 aromatic heterocycles. The van der Waals surface area contributed by atoms with Gasteiger partial charge < -0.3 is 19.7 Å². The third-order valence-corrected chi connectivity index (χ3v) is 5.19. The molecule has 0 spiro atoms. The maximum atomic E-state index is 12.8. The summed E-state index contributed by atoms with van der Waals surface area (Å²) < 4.78 is 11.5. The van der Waals surface area contributed by atoms with Crippen LogP contribution in [0.1, 0.15) is 13.3 Å². The van der Waals surface area contributed by atoms with Crippen LogP contribution >= 0.6 is 0 Å². The fraction of sp³-hybridized carbons (Fsp3) is 0.292. The molecular formula is C24H26N2O3. The summed E-state index contributed by atoms with van der Waals surface area (Å²) in [6.45, 7) is 5.24. The van der Waals surface area contributed by atoms with Crippen molar-refractivity contribution < 1.29 is 14.3 Å². The maximum Gasteiger partial charge on any atom is 0.265 e. The molecule has 1 N–H and O–H groups in total. The van der Waals surface area contributed by atoms with Gasteiger partial charge in [-0.1, -0.05) is 43.3 Å². The molecule has 4 rings (SSSR count). The first kappa shape index (κ1) is 19.3. The van der Waals surface area contributed by atoms with E-state index in [-0.39, 0.29) is 5.91 Å². The predicted octanol–water partition coefficient (Wildman–Crippen LogP) is 4.47. The van der Waals surface area contributed by atoms with Crippen LogP contribution in [0.15, 0.2) is 66.7 Å². The number of carbonyl (C=O) groups excluding carboxylic acids is 1. The molecule has 1 aliphatic heterocycles. The molecule has 5 nitrogen and oxygen atoms in total. The van der Waals surface area contributed by atoms with Crippen molar-refractivity contribution in [1.29, 1.82) is 0 Å². The molecule has 3 aromatic rings. The van der Waals surface area contributed by atoms with Crippen LogP contribution in [0.2, 0.25) is 0 Å². The van der Waals surface area contributed by atoms with E-state index in [1.54, 1.807) is 0 Å². The Bertz CT molecular complexity index is 960. The van der Waals surface area contributed by atoms with Crippen LogP contribution in [0.25, 0.3) is 10.8 Å². The van der Waals surface area contributed by atoms with E-state index in [2.05, 4.69) is 10.2 Å². The molecule has 1 saturated heterocycles. The van der Waals surface area contributed by atoms with E-state index in [0.717, 1.165) is 54.2 Å². The van der Waals surface area contributed by atoms with Gasteiger partial charge in [0.25, 0.3) is 5.91 Å². The Balaban J connectivity index is 1.43. The van der Waals surface area contributed by atoms with E-state index in [1.165, 1.54) is 0 Å². The van der Waals surface area contributed by atoms with Gasteiger partial charge in [-0.2, -0.15) is 0 Å². The number of hydrogen-bond acceptors (Lipinski definition) is 4. The lowest BCUT2D eigenvalue weighted by Gasteiger charge is -2.29. The molecule has 0 saturated carbocycles. The number of anilines is 2. The van der Waals surface area contributed by atoms with Gasteiger partial charge in [0.2, 0.25) is 0 Å². The normalized spacial score (nSPS) is 15.1. The highest BCUT2D eigenvalue weighted by Crippen LogP contribution is 2.27. The number of fused-ring (bicyclic) bond motifs is 1. The third-order valence-electron chi connectivity index (χ3n) is 5.19. The minimum atomic E-state index is -0.556. The Labute approximate surface area is 171 Å². The highest BCUT2D eigenvalue weighted by atomic mass is 16.5. The van der Waals surface area contributed by atoms with E-state index in [1.807, 2.05) is 73.7 Å². The lowest BCUT2D eigenvalue weighted by atomic mass is 10.1. The molecule has 150 valence electrons. The van der Waals surface area contributed by atoms with Crippen LogP contribution in [0.4, 0.5) is 11.4 Å². The zero-order valence-electron chi connectivity index (χ0n) is 16.6. The number of morpholine rings is 1. The highest BCUT2D eigenvalue weighted by Gasteiger charge is 2.20. The third kappa shape index (κ3) is 4.51. The zero-order valence-corrected chi connectivity index (χ0v) is 16.6. The molecule has 0 bridgehead atoms. The van der Waals surface area contributed by atoms with Crippen molar-refractivity contribution in [3.05, 3.63) is 66.7 Å². The largest absolute Gasteiger partial charge is 0.480 e. The lowest BCUT2D eigenvalue weighted by molar-refractivity contribution is -0.122. The number of ether oxygens (including phenoxy) is 2. The minimum Gasteiger partial charge on any atom is -0.480 e. The smallest absolute Gasteiger partial charge is 0.265 e. The molecule has 0 aliphatic carbocycles. The van der Waals surface area contributed by atoms with Crippen LogP contribution in [-0.4, -0.2) is 38.3 Å². The standard InChI is InChI=1S/C24H26N2O3/c1-2-22(29-23-9-5-7-18-6-3-4-8-21(18)23)24(27)25-19-10-12-20(13-11-19)26-14-16-28-17-15-26/h3-13,22H,2,14-17H2,1H3,(H,25,27)/t22-/m1/s1. The first-order valence-corrected chi connectivity index (χ1v) is 10.1. The second-order valence-corrected chi connectivity index (χ2v) is 7.13. The van der Waals surface area contributed by atoms with Crippen LogP contribution < -0.4 is 15.0 Å². The van der Waals surface area contributed by atoms with Crippen molar-refractivity contribution in [2.24, 2.45) is 0 Å². The van der Waals surface area contributed by atoms with Gasteiger partial charge >= 0.3 is 0 Å². The van der Waals surface area contributed by atoms with Gasteiger partial charge in [0, 0.05) is 29.9 Å². The minimum absolute atomic E-state index is 0.139. The van der Waals surface area contributed by atoms with Crippen molar-refractivity contribution >= 4 is 28.1 Å². The van der Waals surface area contributed by atoms with E-state index < -0.39 is 6.10 Å². The van der Waals surface area contributed by atoms with E-state index in [9.17, 15) is 4.79 Å². The van der Waals surface area contributed by atoms with Gasteiger partial charge in [-0.25, -0.2) is 0 Å². The number of rotatable bonds is 6. The van der Waals surface area contributed by atoms with E-state index in [0.29, 0.717) is 6.42 Å². The monoisotopic (exact) mass is 390 g/mol. The summed E-state index contributed by atoms with van der Waals surface area (Å²) in [6.07, 6.45) is 0.0284. The Kier molecular flexibility index (Phi) is 5.96. The fourth-order valence-corrected chi connectivity index (χ4v) is 3.57. The number of carbonyl (C=O) groups is 1. The van der Waals surface area contributed by atoms with Crippen molar-refractivity contribution in [2.75, 3.05) is 36.5 Å². The summed E-state index contributed by atoms with van der Waals surface area (Å²) in [5.41, 5.74) is 1.91. The number of amides is 1. The van der Waals surface area contributed by atoms with Crippen molar-refractivity contribution in [3.63, 3.8) is 0 Å². The zero-order chi connectivity index (χ0) is 20.1. The summed E-state index contributed by atoms with van der Waals surface area (Å²) in [6, 6.07) is 21.9. The highest BCUT2D eigenvalue weighted by molar-refractivity contribution is 5.95.